The van der Waals surface area contributed by atoms with Crippen LogP contribution in [-0.2, 0) is 9.59 Å². The summed E-state index contributed by atoms with van der Waals surface area (Å²) in [5.41, 5.74) is 1.22. The molecule has 0 heterocycles. The fraction of sp³-hybridized carbons (Fsp3) is 0.250. The molecular formula is C20H23N3O5. The number of hydrogen-bond donors (Lipinski definition) is 3. The summed E-state index contributed by atoms with van der Waals surface area (Å²) in [6, 6.07) is 11.7. The van der Waals surface area contributed by atoms with Crippen molar-refractivity contribution in [3.8, 4) is 11.5 Å². The molecule has 148 valence electrons. The number of para-hydroxylation sites is 1. The molecule has 8 nitrogen and oxygen atoms in total. The summed E-state index contributed by atoms with van der Waals surface area (Å²) in [7, 11) is 3.04. The maximum Gasteiger partial charge on any atom is 0.257 e. The highest BCUT2D eigenvalue weighted by Crippen LogP contribution is 2.30. The number of benzene rings is 2. The first-order valence-electron chi connectivity index (χ1n) is 8.61. The van der Waals surface area contributed by atoms with Gasteiger partial charge in [-0.2, -0.15) is 0 Å². The van der Waals surface area contributed by atoms with Gasteiger partial charge in [-0.25, -0.2) is 0 Å². The highest BCUT2D eigenvalue weighted by atomic mass is 16.5. The Hall–Kier alpha value is -3.55. The van der Waals surface area contributed by atoms with Crippen molar-refractivity contribution in [2.45, 2.75) is 13.3 Å². The summed E-state index contributed by atoms with van der Waals surface area (Å²) >= 11 is 0. The van der Waals surface area contributed by atoms with E-state index >= 15 is 0 Å². The fourth-order valence-electron chi connectivity index (χ4n) is 2.47. The number of methoxy groups -OCH3 is 2. The van der Waals surface area contributed by atoms with Crippen molar-refractivity contribution in [3.05, 3.63) is 48.0 Å². The molecule has 0 aliphatic rings. The number of carbonyl (C=O) groups excluding carboxylic acids is 3. The Morgan fingerprint density at radius 2 is 1.64 bits per heavy atom. The molecule has 0 aromatic heterocycles. The molecule has 2 rings (SSSR count). The van der Waals surface area contributed by atoms with Crippen LogP contribution in [-0.4, -0.2) is 38.5 Å². The van der Waals surface area contributed by atoms with Crippen molar-refractivity contribution in [1.29, 1.82) is 0 Å². The molecule has 8 heteroatoms. The van der Waals surface area contributed by atoms with Crippen LogP contribution < -0.4 is 25.4 Å². The molecule has 0 saturated carbocycles. The lowest BCUT2D eigenvalue weighted by Crippen LogP contribution is -2.26. The molecule has 0 aliphatic carbocycles. The number of hydrogen-bond acceptors (Lipinski definition) is 5. The Balaban J connectivity index is 2.10. The van der Waals surface area contributed by atoms with Gasteiger partial charge in [0, 0.05) is 31.6 Å². The highest BCUT2D eigenvalue weighted by molar-refractivity contribution is 6.10. The van der Waals surface area contributed by atoms with Crippen molar-refractivity contribution in [1.82, 2.24) is 5.32 Å². The van der Waals surface area contributed by atoms with Gasteiger partial charge in [-0.15, -0.1) is 0 Å². The van der Waals surface area contributed by atoms with Crippen LogP contribution in [0.1, 0.15) is 23.7 Å². The molecule has 28 heavy (non-hydrogen) atoms. The van der Waals surface area contributed by atoms with Crippen molar-refractivity contribution in [2.24, 2.45) is 0 Å². The lowest BCUT2D eigenvalue weighted by Gasteiger charge is -2.13. The standard InChI is InChI=1S/C20H23N3O5/c1-13(24)21-11-10-19(25)23-16-7-5-4-6-15(16)20(26)22-14-8-9-17(27-2)18(12-14)28-3/h4-9,12H,10-11H2,1-3H3,(H,21,24)(H,22,26)(H,23,25). The molecule has 0 atom stereocenters. The van der Waals surface area contributed by atoms with E-state index in [4.69, 9.17) is 9.47 Å². The van der Waals surface area contributed by atoms with Crippen LogP contribution in [0.5, 0.6) is 11.5 Å². The zero-order valence-corrected chi connectivity index (χ0v) is 16.0. The van der Waals surface area contributed by atoms with E-state index in [2.05, 4.69) is 16.0 Å². The highest BCUT2D eigenvalue weighted by Gasteiger charge is 2.14. The van der Waals surface area contributed by atoms with E-state index in [1.165, 1.54) is 21.1 Å². The lowest BCUT2D eigenvalue weighted by molar-refractivity contribution is -0.119. The Morgan fingerprint density at radius 1 is 0.929 bits per heavy atom. The zero-order chi connectivity index (χ0) is 20.5. The summed E-state index contributed by atoms with van der Waals surface area (Å²) in [5.74, 6) is 0.139. The van der Waals surface area contributed by atoms with Gasteiger partial charge in [-0.3, -0.25) is 14.4 Å². The van der Waals surface area contributed by atoms with Crippen LogP contribution >= 0.6 is 0 Å². The second-order valence-electron chi connectivity index (χ2n) is 5.85. The second kappa shape index (κ2) is 9.96. The van der Waals surface area contributed by atoms with Gasteiger partial charge >= 0.3 is 0 Å². The number of ether oxygens (including phenoxy) is 2. The van der Waals surface area contributed by atoms with Gasteiger partial charge in [0.2, 0.25) is 11.8 Å². The quantitative estimate of drug-likeness (QED) is 0.647. The van der Waals surface area contributed by atoms with E-state index in [0.717, 1.165) is 0 Å². The minimum Gasteiger partial charge on any atom is -0.493 e. The average molecular weight is 385 g/mol. The molecule has 2 aromatic rings. The van der Waals surface area contributed by atoms with Gasteiger partial charge in [0.25, 0.3) is 5.91 Å². The smallest absolute Gasteiger partial charge is 0.257 e. The number of anilines is 2. The molecule has 0 aliphatic heterocycles. The van der Waals surface area contributed by atoms with Gasteiger partial charge in [0.05, 0.1) is 25.5 Å². The first kappa shape index (κ1) is 20.8. The number of carbonyl (C=O) groups is 3. The third kappa shape index (κ3) is 5.73. The molecule has 3 amide bonds. The molecule has 3 N–H and O–H groups in total. The molecule has 0 bridgehead atoms. The van der Waals surface area contributed by atoms with E-state index in [1.54, 1.807) is 42.5 Å². The minimum atomic E-state index is -0.384. The topological polar surface area (TPSA) is 106 Å². The zero-order valence-electron chi connectivity index (χ0n) is 16.0. The van der Waals surface area contributed by atoms with E-state index in [9.17, 15) is 14.4 Å². The normalized spacial score (nSPS) is 9.96. The summed E-state index contributed by atoms with van der Waals surface area (Å²) < 4.78 is 10.4. The van der Waals surface area contributed by atoms with Gasteiger partial charge in [0.1, 0.15) is 0 Å². The van der Waals surface area contributed by atoms with Gasteiger partial charge in [0.15, 0.2) is 11.5 Å². The van der Waals surface area contributed by atoms with Crippen LogP contribution in [0.2, 0.25) is 0 Å². The monoisotopic (exact) mass is 385 g/mol. The van der Waals surface area contributed by atoms with Gasteiger partial charge < -0.3 is 25.4 Å². The van der Waals surface area contributed by atoms with Crippen LogP contribution in [0.25, 0.3) is 0 Å². The molecular weight excluding hydrogens is 362 g/mol. The van der Waals surface area contributed by atoms with Crippen molar-refractivity contribution >= 4 is 29.1 Å². The summed E-state index contributed by atoms with van der Waals surface area (Å²) in [5, 5.41) is 8.02. The van der Waals surface area contributed by atoms with Gasteiger partial charge in [-0.1, -0.05) is 12.1 Å². The summed E-state index contributed by atoms with van der Waals surface area (Å²) in [6.45, 7) is 1.60. The van der Waals surface area contributed by atoms with E-state index in [0.29, 0.717) is 28.4 Å². The average Bonchev–Trinajstić information content (AvgIpc) is 2.67. The first-order valence-corrected chi connectivity index (χ1v) is 8.61. The van der Waals surface area contributed by atoms with Crippen LogP contribution in [0.15, 0.2) is 42.5 Å². The third-order valence-electron chi connectivity index (χ3n) is 3.81. The first-order chi connectivity index (χ1) is 13.4. The van der Waals surface area contributed by atoms with Gasteiger partial charge in [-0.05, 0) is 24.3 Å². The molecule has 0 radical (unpaired) electrons. The SMILES string of the molecule is COc1ccc(NC(=O)c2ccccc2NC(=O)CCNC(C)=O)cc1OC. The van der Waals surface area contributed by atoms with Crippen LogP contribution in [0.4, 0.5) is 11.4 Å². The molecule has 0 spiro atoms. The summed E-state index contributed by atoms with van der Waals surface area (Å²) in [4.78, 5) is 35.6. The van der Waals surface area contributed by atoms with Crippen molar-refractivity contribution in [2.75, 3.05) is 31.4 Å². The Kier molecular flexibility index (Phi) is 7.38. The van der Waals surface area contributed by atoms with Crippen molar-refractivity contribution < 1.29 is 23.9 Å². The maximum absolute atomic E-state index is 12.7. The predicted molar refractivity (Wildman–Crippen MR) is 106 cm³/mol. The summed E-state index contributed by atoms with van der Waals surface area (Å²) in [6.07, 6.45) is 0.102. The minimum absolute atomic E-state index is 0.102. The molecule has 0 unspecified atom stereocenters. The molecule has 2 aromatic carbocycles. The Labute approximate surface area is 163 Å². The van der Waals surface area contributed by atoms with E-state index < -0.39 is 0 Å². The fourth-order valence-corrected chi connectivity index (χ4v) is 2.47. The number of amides is 3. The Bertz CT molecular complexity index is 867. The van der Waals surface area contributed by atoms with Crippen LogP contribution in [0.3, 0.4) is 0 Å². The predicted octanol–water partition coefficient (Wildman–Crippen LogP) is 2.42. The molecule has 0 saturated heterocycles. The number of nitrogens with one attached hydrogen (secondary N) is 3. The largest absolute Gasteiger partial charge is 0.493 e. The van der Waals surface area contributed by atoms with Crippen LogP contribution in [0, 0.1) is 0 Å². The Morgan fingerprint density at radius 3 is 2.32 bits per heavy atom. The lowest BCUT2D eigenvalue weighted by atomic mass is 10.1. The van der Waals surface area contributed by atoms with E-state index in [-0.39, 0.29) is 30.7 Å². The third-order valence-corrected chi connectivity index (χ3v) is 3.81. The van der Waals surface area contributed by atoms with Crippen molar-refractivity contribution in [3.63, 3.8) is 0 Å². The van der Waals surface area contributed by atoms with E-state index in [1.807, 2.05) is 0 Å². The maximum atomic E-state index is 12.7. The molecule has 0 fully saturated rings. The number of rotatable bonds is 8. The second-order valence-corrected chi connectivity index (χ2v) is 5.85.